The van der Waals surface area contributed by atoms with E-state index in [4.69, 9.17) is 4.74 Å². The zero-order chi connectivity index (χ0) is 18.9. The van der Waals surface area contributed by atoms with Crippen molar-refractivity contribution in [1.82, 2.24) is 4.98 Å². The second-order valence-corrected chi connectivity index (χ2v) is 6.11. The number of rotatable bonds is 4. The van der Waals surface area contributed by atoms with Crippen LogP contribution in [0.1, 0.15) is 0 Å². The van der Waals surface area contributed by atoms with Gasteiger partial charge in [-0.25, -0.2) is 4.98 Å². The fourth-order valence-corrected chi connectivity index (χ4v) is 3.04. The Hall–Kier alpha value is -2.88. The Labute approximate surface area is 149 Å². The van der Waals surface area contributed by atoms with Gasteiger partial charge < -0.3 is 9.64 Å². The van der Waals surface area contributed by atoms with Gasteiger partial charge in [0, 0.05) is 17.5 Å². The van der Waals surface area contributed by atoms with E-state index in [1.54, 1.807) is 29.6 Å². The monoisotopic (exact) mass is 383 g/mol. The average Bonchev–Trinajstić information content (AvgIpc) is 3.05. The molecule has 0 radical (unpaired) electrons. The van der Waals surface area contributed by atoms with Gasteiger partial charge in [-0.05, 0) is 18.2 Å². The van der Waals surface area contributed by atoms with Crippen molar-refractivity contribution in [2.24, 2.45) is 0 Å². The Balaban J connectivity index is 1.88. The summed E-state index contributed by atoms with van der Waals surface area (Å²) in [6.07, 6.45) is -3.41. The van der Waals surface area contributed by atoms with Gasteiger partial charge in [0.15, 0.2) is 11.7 Å². The number of amides is 2. The van der Waals surface area contributed by atoms with E-state index in [2.05, 4.69) is 11.6 Å². The quantitative estimate of drug-likeness (QED) is 0.823. The molecule has 0 saturated heterocycles. The van der Waals surface area contributed by atoms with Gasteiger partial charge >= 0.3 is 12.1 Å². The molecule has 0 unspecified atom stereocenters. The summed E-state index contributed by atoms with van der Waals surface area (Å²) in [7, 11) is 0. The summed E-state index contributed by atoms with van der Waals surface area (Å²) in [5.41, 5.74) is 1.46. The number of alkyl halides is 3. The molecule has 0 atom stereocenters. The molecule has 26 heavy (non-hydrogen) atoms. The number of fused-ring (bicyclic) bond motifs is 1. The highest BCUT2D eigenvalue weighted by Gasteiger charge is 2.39. The average molecular weight is 383 g/mol. The molecule has 6 nitrogen and oxygen atoms in total. The van der Waals surface area contributed by atoms with E-state index in [1.165, 1.54) is 10.3 Å². The van der Waals surface area contributed by atoms with Gasteiger partial charge in [0.05, 0.1) is 11.4 Å². The lowest BCUT2D eigenvalue weighted by atomic mass is 10.1. The highest BCUT2D eigenvalue weighted by molar-refractivity contribution is 7.14. The van der Waals surface area contributed by atoms with E-state index in [9.17, 15) is 22.8 Å². The number of benzene rings is 1. The van der Waals surface area contributed by atoms with Crippen LogP contribution in [0, 0.1) is 0 Å². The minimum atomic E-state index is -4.99. The minimum Gasteiger partial charge on any atom is -0.482 e. The molecule has 1 aromatic heterocycles. The molecule has 2 heterocycles. The standard InChI is InChI=1S/C16H12F3N3O3S/c1-2-5-22-11-6-9(3-4-12(11)25-7-13(22)23)10-8-26-15(20-10)21-14(24)16(17,18)19/h2-4,6,8H,1,5,7H2,(H,20,21,24). The van der Waals surface area contributed by atoms with Gasteiger partial charge in [0.1, 0.15) is 5.75 Å². The van der Waals surface area contributed by atoms with Gasteiger partial charge in [-0.1, -0.05) is 6.08 Å². The first kappa shape index (κ1) is 17.9. The summed E-state index contributed by atoms with van der Waals surface area (Å²) in [5.74, 6) is -1.80. The molecule has 3 rings (SSSR count). The van der Waals surface area contributed by atoms with Crippen molar-refractivity contribution in [3.05, 3.63) is 36.2 Å². The number of halogens is 3. The van der Waals surface area contributed by atoms with Crippen molar-refractivity contribution in [1.29, 1.82) is 0 Å². The lowest BCUT2D eigenvalue weighted by molar-refractivity contribution is -0.167. The zero-order valence-electron chi connectivity index (χ0n) is 13.2. The van der Waals surface area contributed by atoms with Gasteiger partial charge in [-0.3, -0.25) is 14.9 Å². The molecule has 1 aliphatic heterocycles. The lowest BCUT2D eigenvalue weighted by Crippen LogP contribution is -2.38. The number of ether oxygens (including phenoxy) is 1. The molecule has 2 aromatic rings. The number of nitrogens with one attached hydrogen (secondary N) is 1. The van der Waals surface area contributed by atoms with Gasteiger partial charge in [0.25, 0.3) is 5.91 Å². The highest BCUT2D eigenvalue weighted by atomic mass is 32.1. The van der Waals surface area contributed by atoms with Crippen LogP contribution in [-0.2, 0) is 9.59 Å². The lowest BCUT2D eigenvalue weighted by Gasteiger charge is -2.28. The van der Waals surface area contributed by atoms with Crippen LogP contribution in [-0.4, -0.2) is 36.1 Å². The molecule has 0 saturated carbocycles. The van der Waals surface area contributed by atoms with E-state index in [1.807, 2.05) is 0 Å². The number of thiazole rings is 1. The minimum absolute atomic E-state index is 0.0789. The number of nitrogens with zero attached hydrogens (tertiary/aromatic N) is 2. The molecule has 0 fully saturated rings. The van der Waals surface area contributed by atoms with Crippen LogP contribution >= 0.6 is 11.3 Å². The Morgan fingerprint density at radius 2 is 2.23 bits per heavy atom. The van der Waals surface area contributed by atoms with E-state index < -0.39 is 12.1 Å². The maximum absolute atomic E-state index is 12.3. The van der Waals surface area contributed by atoms with Crippen molar-refractivity contribution in [3.8, 4) is 17.0 Å². The normalized spacial score (nSPS) is 13.8. The Morgan fingerprint density at radius 1 is 1.46 bits per heavy atom. The fraction of sp³-hybridized carbons (Fsp3) is 0.188. The highest BCUT2D eigenvalue weighted by Crippen LogP contribution is 2.36. The van der Waals surface area contributed by atoms with Crippen molar-refractivity contribution in [2.75, 3.05) is 23.4 Å². The second-order valence-electron chi connectivity index (χ2n) is 5.25. The summed E-state index contributed by atoms with van der Waals surface area (Å²) in [6.45, 7) is 3.83. The van der Waals surface area contributed by atoms with E-state index >= 15 is 0 Å². The summed E-state index contributed by atoms with van der Waals surface area (Å²) in [4.78, 5) is 28.5. The molecule has 1 aromatic carbocycles. The molecule has 0 aliphatic carbocycles. The molecule has 0 spiro atoms. The molecular weight excluding hydrogens is 371 g/mol. The number of aromatic nitrogens is 1. The maximum Gasteiger partial charge on any atom is 0.471 e. The van der Waals surface area contributed by atoms with Crippen LogP contribution in [0.2, 0.25) is 0 Å². The first-order valence-corrected chi connectivity index (χ1v) is 8.19. The van der Waals surface area contributed by atoms with Crippen LogP contribution in [0.3, 0.4) is 0 Å². The van der Waals surface area contributed by atoms with Crippen LogP contribution in [0.4, 0.5) is 24.0 Å². The third-order valence-electron chi connectivity index (χ3n) is 3.49. The van der Waals surface area contributed by atoms with E-state index in [0.29, 0.717) is 29.2 Å². The number of hydrogen-bond acceptors (Lipinski definition) is 5. The van der Waals surface area contributed by atoms with Gasteiger partial charge in [0.2, 0.25) is 0 Å². The topological polar surface area (TPSA) is 71.5 Å². The number of hydrogen-bond donors (Lipinski definition) is 1. The first-order chi connectivity index (χ1) is 12.3. The summed E-state index contributed by atoms with van der Waals surface area (Å²) >= 11 is 0.867. The number of carbonyl (C=O) groups excluding carboxylic acids is 2. The molecule has 1 aliphatic rings. The first-order valence-electron chi connectivity index (χ1n) is 7.32. The maximum atomic E-state index is 12.3. The largest absolute Gasteiger partial charge is 0.482 e. The Kier molecular flexibility index (Phi) is 4.68. The summed E-state index contributed by atoms with van der Waals surface area (Å²) < 4.78 is 42.3. The molecular formula is C16H12F3N3O3S. The predicted molar refractivity (Wildman–Crippen MR) is 90.3 cm³/mol. The van der Waals surface area contributed by atoms with Crippen LogP contribution in [0.25, 0.3) is 11.3 Å². The zero-order valence-corrected chi connectivity index (χ0v) is 14.0. The van der Waals surface area contributed by atoms with Crippen molar-refractivity contribution in [3.63, 3.8) is 0 Å². The molecule has 1 N–H and O–H groups in total. The number of anilines is 2. The molecule has 10 heteroatoms. The Bertz CT molecular complexity index is 879. The van der Waals surface area contributed by atoms with Gasteiger partial charge in [-0.2, -0.15) is 13.2 Å². The summed E-state index contributed by atoms with van der Waals surface area (Å²) in [6, 6.07) is 4.98. The van der Waals surface area contributed by atoms with Crippen molar-refractivity contribution in [2.45, 2.75) is 6.18 Å². The predicted octanol–water partition coefficient (Wildman–Crippen LogP) is 3.22. The molecule has 0 bridgehead atoms. The van der Waals surface area contributed by atoms with Crippen molar-refractivity contribution < 1.29 is 27.5 Å². The molecule has 136 valence electrons. The Morgan fingerprint density at radius 3 is 2.92 bits per heavy atom. The fourth-order valence-electron chi connectivity index (χ4n) is 2.32. The van der Waals surface area contributed by atoms with Crippen molar-refractivity contribution >= 4 is 34.0 Å². The smallest absolute Gasteiger partial charge is 0.471 e. The van der Waals surface area contributed by atoms with Gasteiger partial charge in [-0.15, -0.1) is 17.9 Å². The van der Waals surface area contributed by atoms with Crippen LogP contribution in [0.5, 0.6) is 5.75 Å². The third kappa shape index (κ3) is 3.54. The van der Waals surface area contributed by atoms with E-state index in [-0.39, 0.29) is 17.6 Å². The molecule has 2 amide bonds. The second kappa shape index (κ2) is 6.79. The van der Waals surface area contributed by atoms with E-state index in [0.717, 1.165) is 11.3 Å². The third-order valence-corrected chi connectivity index (χ3v) is 4.25. The van der Waals surface area contributed by atoms with Crippen LogP contribution in [0.15, 0.2) is 36.2 Å². The summed E-state index contributed by atoms with van der Waals surface area (Å²) in [5, 5.41) is 3.05. The number of carbonyl (C=O) groups is 2. The van der Waals surface area contributed by atoms with Crippen LogP contribution < -0.4 is 15.0 Å². The SMILES string of the molecule is C=CCN1C(=O)COc2ccc(-c3csc(NC(=O)C(F)(F)F)n3)cc21.